The number of carbonyl (C=O) groups excluding carboxylic acids is 1. The molecule has 0 aliphatic carbocycles. The van der Waals surface area contributed by atoms with E-state index in [4.69, 9.17) is 23.2 Å². The molecular weight excluding hydrogens is 245 g/mol. The van der Waals surface area contributed by atoms with Gasteiger partial charge in [-0.3, -0.25) is 4.79 Å². The van der Waals surface area contributed by atoms with Crippen LogP contribution in [0.25, 0.3) is 0 Å². The number of Topliss-reactive ketones (excluding diaryl/α,β-unsaturated/α-hetero) is 1. The molecular formula is C10H8Cl2F2O. The predicted octanol–water partition coefficient (Wildman–Crippen LogP) is 3.76. The first-order valence-corrected chi connectivity index (χ1v) is 4.92. The summed E-state index contributed by atoms with van der Waals surface area (Å²) in [5, 5.41) is 0.445. The van der Waals surface area contributed by atoms with Crippen molar-refractivity contribution in [2.24, 2.45) is 0 Å². The maximum Gasteiger partial charge on any atom is 0.302 e. The predicted molar refractivity (Wildman–Crippen MR) is 55.8 cm³/mol. The van der Waals surface area contributed by atoms with Crippen molar-refractivity contribution in [3.05, 3.63) is 33.8 Å². The van der Waals surface area contributed by atoms with E-state index in [1.54, 1.807) is 6.07 Å². The standard InChI is InChI=1S/C10H8Cl2F2O/c1-10(13,14)9(15)5-6-7(11)3-2-4-8(6)12/h2-4H,5H2,1H3. The summed E-state index contributed by atoms with van der Waals surface area (Å²) in [6.45, 7) is 0.556. The summed E-state index contributed by atoms with van der Waals surface area (Å²) in [7, 11) is 0. The summed E-state index contributed by atoms with van der Waals surface area (Å²) >= 11 is 11.5. The second kappa shape index (κ2) is 4.45. The normalized spacial score (nSPS) is 11.5. The van der Waals surface area contributed by atoms with Crippen LogP contribution in [0, 0.1) is 0 Å². The molecule has 0 N–H and O–H groups in total. The maximum atomic E-state index is 12.6. The van der Waals surface area contributed by atoms with E-state index in [9.17, 15) is 13.6 Å². The van der Waals surface area contributed by atoms with Crippen LogP contribution in [0.4, 0.5) is 8.78 Å². The molecule has 5 heteroatoms. The Bertz CT molecular complexity index is 365. The van der Waals surface area contributed by atoms with Crippen molar-refractivity contribution in [2.45, 2.75) is 19.3 Å². The molecule has 0 bridgehead atoms. The highest BCUT2D eigenvalue weighted by Gasteiger charge is 2.32. The number of carbonyl (C=O) groups is 1. The van der Waals surface area contributed by atoms with Crippen molar-refractivity contribution in [3.8, 4) is 0 Å². The summed E-state index contributed by atoms with van der Waals surface area (Å²) in [5.74, 6) is -4.56. The fourth-order valence-electron chi connectivity index (χ4n) is 1.02. The van der Waals surface area contributed by atoms with Crippen LogP contribution in [0.3, 0.4) is 0 Å². The zero-order valence-electron chi connectivity index (χ0n) is 7.86. The first-order valence-electron chi connectivity index (χ1n) is 4.16. The van der Waals surface area contributed by atoms with E-state index in [0.717, 1.165) is 0 Å². The number of halogens is 4. The third kappa shape index (κ3) is 3.14. The highest BCUT2D eigenvalue weighted by molar-refractivity contribution is 6.36. The van der Waals surface area contributed by atoms with E-state index in [2.05, 4.69) is 0 Å². The van der Waals surface area contributed by atoms with Crippen LogP contribution in [0.1, 0.15) is 12.5 Å². The molecule has 0 radical (unpaired) electrons. The van der Waals surface area contributed by atoms with E-state index in [1.165, 1.54) is 12.1 Å². The van der Waals surface area contributed by atoms with Crippen molar-refractivity contribution < 1.29 is 13.6 Å². The van der Waals surface area contributed by atoms with Crippen LogP contribution in [0.2, 0.25) is 10.0 Å². The molecule has 0 saturated heterocycles. The minimum absolute atomic E-state index is 0.222. The molecule has 82 valence electrons. The molecule has 0 saturated carbocycles. The SMILES string of the molecule is CC(F)(F)C(=O)Cc1c(Cl)cccc1Cl. The molecule has 0 spiro atoms. The van der Waals surface area contributed by atoms with Gasteiger partial charge in [0.1, 0.15) is 0 Å². The minimum Gasteiger partial charge on any atom is -0.293 e. The van der Waals surface area contributed by atoms with Crippen LogP contribution in [0.15, 0.2) is 18.2 Å². The number of ketones is 1. The van der Waals surface area contributed by atoms with Crippen LogP contribution in [-0.4, -0.2) is 11.7 Å². The maximum absolute atomic E-state index is 12.6. The summed E-state index contributed by atoms with van der Waals surface area (Å²) < 4.78 is 25.3. The quantitative estimate of drug-likeness (QED) is 0.801. The average Bonchev–Trinajstić information content (AvgIpc) is 2.09. The monoisotopic (exact) mass is 252 g/mol. The Kier molecular flexibility index (Phi) is 3.68. The van der Waals surface area contributed by atoms with E-state index in [0.29, 0.717) is 6.92 Å². The first kappa shape index (κ1) is 12.4. The van der Waals surface area contributed by atoms with Gasteiger partial charge >= 0.3 is 5.92 Å². The lowest BCUT2D eigenvalue weighted by atomic mass is 10.1. The number of rotatable bonds is 3. The Morgan fingerprint density at radius 3 is 2.20 bits per heavy atom. The van der Waals surface area contributed by atoms with Gasteiger partial charge in [0.05, 0.1) is 0 Å². The molecule has 1 nitrogen and oxygen atoms in total. The summed E-state index contributed by atoms with van der Waals surface area (Å²) in [6, 6.07) is 4.59. The highest BCUT2D eigenvalue weighted by atomic mass is 35.5. The van der Waals surface area contributed by atoms with Gasteiger partial charge in [-0.15, -0.1) is 0 Å². The van der Waals surface area contributed by atoms with Crippen molar-refractivity contribution in [1.82, 2.24) is 0 Å². The van der Waals surface area contributed by atoms with E-state index < -0.39 is 18.1 Å². The van der Waals surface area contributed by atoms with Crippen LogP contribution in [0.5, 0.6) is 0 Å². The molecule has 1 rings (SSSR count). The lowest BCUT2D eigenvalue weighted by Crippen LogP contribution is -2.26. The number of benzene rings is 1. The number of alkyl halides is 2. The highest BCUT2D eigenvalue weighted by Crippen LogP contribution is 2.27. The topological polar surface area (TPSA) is 17.1 Å². The lowest BCUT2D eigenvalue weighted by Gasteiger charge is -2.10. The third-order valence-electron chi connectivity index (χ3n) is 1.89. The molecule has 0 aliphatic heterocycles. The Hall–Kier alpha value is -0.670. The van der Waals surface area contributed by atoms with E-state index >= 15 is 0 Å². The fraction of sp³-hybridized carbons (Fsp3) is 0.300. The minimum atomic E-state index is -3.36. The van der Waals surface area contributed by atoms with Crippen LogP contribution in [-0.2, 0) is 11.2 Å². The zero-order valence-corrected chi connectivity index (χ0v) is 9.37. The molecule has 0 atom stereocenters. The molecule has 0 unspecified atom stereocenters. The Balaban J connectivity index is 2.95. The van der Waals surface area contributed by atoms with Crippen molar-refractivity contribution >= 4 is 29.0 Å². The second-order valence-corrected chi connectivity index (χ2v) is 4.00. The van der Waals surface area contributed by atoms with Gasteiger partial charge in [-0.25, -0.2) is 0 Å². The Labute approximate surface area is 96.0 Å². The molecule has 1 aromatic carbocycles. The van der Waals surface area contributed by atoms with E-state index in [-0.39, 0.29) is 15.6 Å². The van der Waals surface area contributed by atoms with Gasteiger partial charge in [0.15, 0.2) is 0 Å². The largest absolute Gasteiger partial charge is 0.302 e. The fourth-order valence-corrected chi connectivity index (χ4v) is 1.55. The smallest absolute Gasteiger partial charge is 0.293 e. The Morgan fingerprint density at radius 1 is 1.33 bits per heavy atom. The summed E-state index contributed by atoms with van der Waals surface area (Å²) in [6.07, 6.45) is -0.456. The Morgan fingerprint density at radius 2 is 1.80 bits per heavy atom. The summed E-state index contributed by atoms with van der Waals surface area (Å²) in [4.78, 5) is 11.1. The van der Waals surface area contributed by atoms with Gasteiger partial charge in [-0.05, 0) is 17.7 Å². The van der Waals surface area contributed by atoms with Gasteiger partial charge in [0.25, 0.3) is 0 Å². The van der Waals surface area contributed by atoms with Gasteiger partial charge in [-0.2, -0.15) is 8.78 Å². The molecule has 0 heterocycles. The summed E-state index contributed by atoms with van der Waals surface area (Å²) in [5.41, 5.74) is 0.243. The second-order valence-electron chi connectivity index (χ2n) is 3.19. The van der Waals surface area contributed by atoms with Gasteiger partial charge in [0, 0.05) is 23.4 Å². The lowest BCUT2D eigenvalue weighted by molar-refractivity contribution is -0.139. The first-order chi connectivity index (χ1) is 6.82. The van der Waals surface area contributed by atoms with Gasteiger partial charge in [0.2, 0.25) is 5.78 Å². The van der Waals surface area contributed by atoms with Crippen LogP contribution < -0.4 is 0 Å². The van der Waals surface area contributed by atoms with Crippen molar-refractivity contribution in [3.63, 3.8) is 0 Å². The van der Waals surface area contributed by atoms with Crippen molar-refractivity contribution in [1.29, 1.82) is 0 Å². The molecule has 0 fully saturated rings. The van der Waals surface area contributed by atoms with Gasteiger partial charge in [-0.1, -0.05) is 29.3 Å². The zero-order chi connectivity index (χ0) is 11.6. The van der Waals surface area contributed by atoms with E-state index in [1.807, 2.05) is 0 Å². The third-order valence-corrected chi connectivity index (χ3v) is 2.60. The number of hydrogen-bond donors (Lipinski definition) is 0. The molecule has 0 aliphatic rings. The van der Waals surface area contributed by atoms with Gasteiger partial charge < -0.3 is 0 Å². The van der Waals surface area contributed by atoms with Crippen molar-refractivity contribution in [2.75, 3.05) is 0 Å². The number of hydrogen-bond acceptors (Lipinski definition) is 1. The molecule has 15 heavy (non-hydrogen) atoms. The molecule has 0 amide bonds. The molecule has 1 aromatic rings. The average molecular weight is 253 g/mol. The molecule has 0 aromatic heterocycles. The van der Waals surface area contributed by atoms with Crippen LogP contribution >= 0.6 is 23.2 Å².